The number of urea groups is 1. The summed E-state index contributed by atoms with van der Waals surface area (Å²) in [6.07, 6.45) is 0. The van der Waals surface area contributed by atoms with Crippen LogP contribution in [-0.2, 0) is 38.1 Å². The molecule has 0 bridgehead atoms. The maximum Gasteiger partial charge on any atom is 0.349 e. The van der Waals surface area contributed by atoms with Crippen molar-refractivity contribution >= 4 is 29.9 Å². The first-order valence-corrected chi connectivity index (χ1v) is 6.47. The molecule has 1 fully saturated rings. The first-order chi connectivity index (χ1) is 11.8. The summed E-state index contributed by atoms with van der Waals surface area (Å²) in [5.74, 6) is -5.46. The third-order valence-electron chi connectivity index (χ3n) is 2.79. The highest BCUT2D eigenvalue weighted by molar-refractivity contribution is 6.16. The number of methoxy groups -OCH3 is 4. The maximum atomic E-state index is 11.8. The summed E-state index contributed by atoms with van der Waals surface area (Å²) in [5.41, 5.74) is -1.40. The Hall–Kier alpha value is -3.57. The standard InChI is InChI=1S/C13H15N3O9/c1-22-9(17)5(10(18)23-2)7-14-8(16-13(21)15-7)6(11(19)24-3)12(20)25-4/h14H,1-4H3,(H2,15,16,21). The van der Waals surface area contributed by atoms with Gasteiger partial charge >= 0.3 is 29.9 Å². The van der Waals surface area contributed by atoms with Gasteiger partial charge in [-0.2, -0.15) is 0 Å². The van der Waals surface area contributed by atoms with Crippen molar-refractivity contribution in [3.8, 4) is 0 Å². The minimum absolute atomic E-state index is 0.470. The van der Waals surface area contributed by atoms with Gasteiger partial charge in [-0.25, -0.2) is 24.0 Å². The SMILES string of the molecule is COC(=O)C(C(=O)OC)=C1NC(=O)NC(=C(C(=O)OC)C(=O)OC)N1. The van der Waals surface area contributed by atoms with E-state index in [1.165, 1.54) is 0 Å². The molecular formula is C13H15N3O9. The molecule has 0 aromatic carbocycles. The summed E-state index contributed by atoms with van der Waals surface area (Å²) in [6, 6.07) is -0.959. The van der Waals surface area contributed by atoms with Crippen molar-refractivity contribution in [1.29, 1.82) is 0 Å². The summed E-state index contributed by atoms with van der Waals surface area (Å²) in [5, 5.41) is 6.61. The molecule has 1 aliphatic heterocycles. The van der Waals surface area contributed by atoms with E-state index >= 15 is 0 Å². The van der Waals surface area contributed by atoms with Crippen LogP contribution in [0.3, 0.4) is 0 Å². The summed E-state index contributed by atoms with van der Waals surface area (Å²) < 4.78 is 17.8. The Balaban J connectivity index is 3.55. The highest BCUT2D eigenvalue weighted by atomic mass is 16.5. The van der Waals surface area contributed by atoms with E-state index in [1.807, 2.05) is 0 Å². The van der Waals surface area contributed by atoms with Crippen molar-refractivity contribution in [3.05, 3.63) is 22.8 Å². The van der Waals surface area contributed by atoms with E-state index in [0.29, 0.717) is 0 Å². The number of amides is 2. The average Bonchev–Trinajstić information content (AvgIpc) is 2.60. The molecule has 12 heteroatoms. The molecule has 0 aliphatic carbocycles. The van der Waals surface area contributed by atoms with E-state index in [4.69, 9.17) is 0 Å². The van der Waals surface area contributed by atoms with Crippen LogP contribution >= 0.6 is 0 Å². The molecule has 0 aromatic rings. The monoisotopic (exact) mass is 357 g/mol. The molecule has 1 saturated heterocycles. The normalized spacial score (nSPS) is 12.7. The molecule has 136 valence electrons. The first kappa shape index (κ1) is 19.5. The number of ether oxygens (including phenoxy) is 4. The second-order valence-corrected chi connectivity index (χ2v) is 4.17. The van der Waals surface area contributed by atoms with Gasteiger partial charge in [0.15, 0.2) is 11.1 Å². The van der Waals surface area contributed by atoms with E-state index in [0.717, 1.165) is 28.4 Å². The molecule has 0 spiro atoms. The van der Waals surface area contributed by atoms with Gasteiger partial charge in [0.2, 0.25) is 0 Å². The van der Waals surface area contributed by atoms with Crippen LogP contribution in [0.4, 0.5) is 4.79 Å². The molecule has 1 rings (SSSR count). The first-order valence-electron chi connectivity index (χ1n) is 6.47. The largest absolute Gasteiger partial charge is 0.465 e. The van der Waals surface area contributed by atoms with Gasteiger partial charge in [0, 0.05) is 0 Å². The third kappa shape index (κ3) is 4.25. The number of hydrogen-bond donors (Lipinski definition) is 3. The number of carbonyl (C=O) groups is 5. The van der Waals surface area contributed by atoms with Gasteiger partial charge in [-0.15, -0.1) is 0 Å². The van der Waals surface area contributed by atoms with Crippen molar-refractivity contribution in [1.82, 2.24) is 16.0 Å². The van der Waals surface area contributed by atoms with Gasteiger partial charge in [0.05, 0.1) is 28.4 Å². The zero-order valence-electron chi connectivity index (χ0n) is 13.7. The lowest BCUT2D eigenvalue weighted by atomic mass is 10.2. The zero-order valence-corrected chi connectivity index (χ0v) is 13.7. The molecule has 12 nitrogen and oxygen atoms in total. The lowest BCUT2D eigenvalue weighted by molar-refractivity contribution is -0.145. The topological polar surface area (TPSA) is 158 Å². The van der Waals surface area contributed by atoms with Gasteiger partial charge in [0.25, 0.3) is 0 Å². The number of nitrogens with one attached hydrogen (secondary N) is 3. The minimum Gasteiger partial charge on any atom is -0.465 e. The number of carbonyl (C=O) groups excluding carboxylic acids is 5. The van der Waals surface area contributed by atoms with Gasteiger partial charge in [-0.1, -0.05) is 0 Å². The average molecular weight is 357 g/mol. The van der Waals surface area contributed by atoms with Crippen molar-refractivity contribution < 1.29 is 42.9 Å². The minimum atomic E-state index is -1.13. The molecule has 0 unspecified atom stereocenters. The Morgan fingerprint density at radius 2 is 0.880 bits per heavy atom. The fraction of sp³-hybridized carbons (Fsp3) is 0.308. The van der Waals surface area contributed by atoms with Crippen LogP contribution in [0.15, 0.2) is 22.8 Å². The quantitative estimate of drug-likeness (QED) is 0.169. The zero-order chi connectivity index (χ0) is 19.1. The summed E-state index contributed by atoms with van der Waals surface area (Å²) in [4.78, 5) is 58.9. The predicted octanol–water partition coefficient (Wildman–Crippen LogP) is -2.00. The fourth-order valence-electron chi connectivity index (χ4n) is 1.68. The van der Waals surface area contributed by atoms with Crippen molar-refractivity contribution in [2.24, 2.45) is 0 Å². The number of rotatable bonds is 4. The molecular weight excluding hydrogens is 342 g/mol. The fourth-order valence-corrected chi connectivity index (χ4v) is 1.68. The molecule has 0 atom stereocenters. The highest BCUT2D eigenvalue weighted by Gasteiger charge is 2.34. The molecule has 0 aromatic heterocycles. The maximum absolute atomic E-state index is 11.8. The van der Waals surface area contributed by atoms with E-state index in [-0.39, 0.29) is 0 Å². The lowest BCUT2D eigenvalue weighted by Gasteiger charge is -2.24. The molecule has 0 saturated carbocycles. The van der Waals surface area contributed by atoms with Crippen LogP contribution in [0.2, 0.25) is 0 Å². The Labute approximate surface area is 141 Å². The third-order valence-corrected chi connectivity index (χ3v) is 2.79. The van der Waals surface area contributed by atoms with Crippen LogP contribution in [0.25, 0.3) is 0 Å². The van der Waals surface area contributed by atoms with Crippen molar-refractivity contribution in [3.63, 3.8) is 0 Å². The summed E-state index contributed by atoms with van der Waals surface area (Å²) in [7, 11) is 4.00. The van der Waals surface area contributed by atoms with Crippen LogP contribution in [0.1, 0.15) is 0 Å². The highest BCUT2D eigenvalue weighted by Crippen LogP contribution is 2.13. The lowest BCUT2D eigenvalue weighted by Crippen LogP contribution is -2.51. The van der Waals surface area contributed by atoms with E-state index in [9.17, 15) is 24.0 Å². The van der Waals surface area contributed by atoms with Gasteiger partial charge in [-0.3, -0.25) is 10.6 Å². The predicted molar refractivity (Wildman–Crippen MR) is 76.9 cm³/mol. The number of esters is 4. The van der Waals surface area contributed by atoms with Crippen LogP contribution in [0.5, 0.6) is 0 Å². The Kier molecular flexibility index (Phi) is 6.49. The Morgan fingerprint density at radius 1 is 0.600 bits per heavy atom. The summed E-state index contributed by atoms with van der Waals surface area (Å²) in [6.45, 7) is 0. The van der Waals surface area contributed by atoms with Crippen molar-refractivity contribution in [2.45, 2.75) is 0 Å². The number of hydrogen-bond acceptors (Lipinski definition) is 10. The van der Waals surface area contributed by atoms with Crippen LogP contribution in [0, 0.1) is 0 Å². The van der Waals surface area contributed by atoms with Crippen LogP contribution in [-0.4, -0.2) is 58.3 Å². The molecule has 2 amide bonds. The van der Waals surface area contributed by atoms with E-state index in [2.05, 4.69) is 34.9 Å². The van der Waals surface area contributed by atoms with Gasteiger partial charge in [-0.05, 0) is 0 Å². The molecule has 1 heterocycles. The molecule has 25 heavy (non-hydrogen) atoms. The Morgan fingerprint density at radius 3 is 1.12 bits per heavy atom. The van der Waals surface area contributed by atoms with Gasteiger partial charge in [0.1, 0.15) is 11.6 Å². The van der Waals surface area contributed by atoms with Gasteiger partial charge < -0.3 is 24.3 Å². The smallest absolute Gasteiger partial charge is 0.349 e. The summed E-state index contributed by atoms with van der Waals surface area (Å²) >= 11 is 0. The molecule has 1 aliphatic rings. The molecule has 3 N–H and O–H groups in total. The van der Waals surface area contributed by atoms with E-state index < -0.39 is 52.7 Å². The second-order valence-electron chi connectivity index (χ2n) is 4.17. The molecule has 0 radical (unpaired) electrons. The van der Waals surface area contributed by atoms with Crippen LogP contribution < -0.4 is 16.0 Å². The Bertz CT molecular complexity index is 601. The van der Waals surface area contributed by atoms with Crippen molar-refractivity contribution in [2.75, 3.05) is 28.4 Å². The van der Waals surface area contributed by atoms with E-state index in [1.54, 1.807) is 0 Å². The second kappa shape index (κ2) is 8.33.